The van der Waals surface area contributed by atoms with E-state index in [1.165, 1.54) is 16.0 Å². The number of thiophene rings is 1. The van der Waals surface area contributed by atoms with Crippen molar-refractivity contribution in [1.82, 2.24) is 4.98 Å². The van der Waals surface area contributed by atoms with Crippen LogP contribution in [0.1, 0.15) is 16.1 Å². The Morgan fingerprint density at radius 3 is 2.57 bits per heavy atom. The zero-order valence-corrected chi connectivity index (χ0v) is 12.0. The Hall–Kier alpha value is -2.70. The van der Waals surface area contributed by atoms with Crippen LogP contribution in [0.15, 0.2) is 60.1 Å². The number of aromatic nitrogens is 1. The van der Waals surface area contributed by atoms with Gasteiger partial charge in [0, 0.05) is 11.1 Å². The number of hydrogen-bond acceptors (Lipinski definition) is 3. The summed E-state index contributed by atoms with van der Waals surface area (Å²) in [6, 6.07) is 18.2. The first-order valence-electron chi connectivity index (χ1n) is 6.53. The molecule has 2 aromatic heterocycles. The van der Waals surface area contributed by atoms with E-state index in [1.54, 1.807) is 23.6 Å². The van der Waals surface area contributed by atoms with Crippen LogP contribution in [0.25, 0.3) is 23.3 Å². The van der Waals surface area contributed by atoms with Gasteiger partial charge in [0.2, 0.25) is 0 Å². The van der Waals surface area contributed by atoms with Crippen LogP contribution in [0, 0.1) is 11.3 Å². The van der Waals surface area contributed by atoms with E-state index in [0.29, 0.717) is 5.56 Å². The molecule has 1 aromatic carbocycles. The van der Waals surface area contributed by atoms with E-state index in [9.17, 15) is 0 Å². The molecule has 0 atom stereocenters. The largest absolute Gasteiger partial charge is 0.256 e. The van der Waals surface area contributed by atoms with Gasteiger partial charge in [-0.3, -0.25) is 4.98 Å². The molecule has 0 amide bonds. The molecule has 2 heterocycles. The summed E-state index contributed by atoms with van der Waals surface area (Å²) in [5.74, 6) is 0. The lowest BCUT2D eigenvalue weighted by Gasteiger charge is -1.94. The fraction of sp³-hybridized carbons (Fsp3) is 0. The SMILES string of the molecule is N#Cc1ccc(/C=C/c2cc(-c3ccccc3)cs2)nc1. The third kappa shape index (κ3) is 3.25. The lowest BCUT2D eigenvalue weighted by Crippen LogP contribution is -1.81. The smallest absolute Gasteiger partial charge is 0.101 e. The molecular formula is C18H12N2S. The van der Waals surface area contributed by atoms with E-state index in [1.807, 2.05) is 36.4 Å². The van der Waals surface area contributed by atoms with E-state index in [2.05, 4.69) is 34.6 Å². The van der Waals surface area contributed by atoms with E-state index in [-0.39, 0.29) is 0 Å². The van der Waals surface area contributed by atoms with E-state index in [4.69, 9.17) is 5.26 Å². The Morgan fingerprint density at radius 2 is 1.86 bits per heavy atom. The molecule has 0 unspecified atom stereocenters. The van der Waals surface area contributed by atoms with Crippen molar-refractivity contribution in [2.45, 2.75) is 0 Å². The molecule has 0 saturated carbocycles. The van der Waals surface area contributed by atoms with Gasteiger partial charge in [0.15, 0.2) is 0 Å². The molecule has 0 aliphatic heterocycles. The molecule has 0 N–H and O–H groups in total. The van der Waals surface area contributed by atoms with Gasteiger partial charge in [0.1, 0.15) is 6.07 Å². The lowest BCUT2D eigenvalue weighted by atomic mass is 10.1. The van der Waals surface area contributed by atoms with Crippen LogP contribution in [0.4, 0.5) is 0 Å². The highest BCUT2D eigenvalue weighted by Crippen LogP contribution is 2.26. The number of hydrogen-bond donors (Lipinski definition) is 0. The molecule has 0 aliphatic carbocycles. The van der Waals surface area contributed by atoms with Gasteiger partial charge in [-0.1, -0.05) is 30.3 Å². The summed E-state index contributed by atoms with van der Waals surface area (Å²) in [5, 5.41) is 10.9. The minimum absolute atomic E-state index is 0.578. The summed E-state index contributed by atoms with van der Waals surface area (Å²) in [5.41, 5.74) is 3.89. The fourth-order valence-electron chi connectivity index (χ4n) is 1.96. The maximum Gasteiger partial charge on any atom is 0.101 e. The lowest BCUT2D eigenvalue weighted by molar-refractivity contribution is 1.27. The Balaban J connectivity index is 1.78. The van der Waals surface area contributed by atoms with Crippen molar-refractivity contribution in [3.05, 3.63) is 76.2 Å². The summed E-state index contributed by atoms with van der Waals surface area (Å²) in [6.07, 6.45) is 5.59. The van der Waals surface area contributed by atoms with Crippen LogP contribution >= 0.6 is 11.3 Å². The summed E-state index contributed by atoms with van der Waals surface area (Å²) in [4.78, 5) is 5.41. The molecule has 2 nitrogen and oxygen atoms in total. The zero-order valence-electron chi connectivity index (χ0n) is 11.2. The maximum absolute atomic E-state index is 8.74. The standard InChI is InChI=1S/C18H12N2S/c19-11-14-6-7-17(20-12-14)8-9-18-10-16(13-21-18)15-4-2-1-3-5-15/h1-10,12-13H/b9-8+. The van der Waals surface area contributed by atoms with E-state index >= 15 is 0 Å². The molecule has 0 fully saturated rings. The Bertz CT molecular complexity index is 793. The van der Waals surface area contributed by atoms with Crippen molar-refractivity contribution < 1.29 is 0 Å². The highest BCUT2D eigenvalue weighted by molar-refractivity contribution is 7.11. The summed E-state index contributed by atoms with van der Waals surface area (Å²) >= 11 is 1.70. The van der Waals surface area contributed by atoms with Crippen molar-refractivity contribution in [3.8, 4) is 17.2 Å². The van der Waals surface area contributed by atoms with Gasteiger partial charge in [-0.2, -0.15) is 5.26 Å². The normalized spacial score (nSPS) is 10.6. The molecule has 21 heavy (non-hydrogen) atoms. The minimum Gasteiger partial charge on any atom is -0.256 e. The third-order valence-electron chi connectivity index (χ3n) is 3.06. The van der Waals surface area contributed by atoms with Gasteiger partial charge in [0.25, 0.3) is 0 Å². The van der Waals surface area contributed by atoms with Crippen molar-refractivity contribution in [1.29, 1.82) is 5.26 Å². The quantitative estimate of drug-likeness (QED) is 0.690. The number of rotatable bonds is 3. The first kappa shape index (κ1) is 13.3. The van der Waals surface area contributed by atoms with Crippen LogP contribution in [0.5, 0.6) is 0 Å². The summed E-state index contributed by atoms with van der Waals surface area (Å²) in [7, 11) is 0. The average molecular weight is 288 g/mol. The van der Waals surface area contributed by atoms with Crippen LogP contribution in [-0.4, -0.2) is 4.98 Å². The highest BCUT2D eigenvalue weighted by atomic mass is 32.1. The Morgan fingerprint density at radius 1 is 1.00 bits per heavy atom. The molecule has 0 saturated heterocycles. The third-order valence-corrected chi connectivity index (χ3v) is 3.96. The summed E-state index contributed by atoms with van der Waals surface area (Å²) < 4.78 is 0. The molecular weight excluding hydrogens is 276 g/mol. The monoisotopic (exact) mass is 288 g/mol. The van der Waals surface area contributed by atoms with Gasteiger partial charge < -0.3 is 0 Å². The molecule has 100 valence electrons. The van der Waals surface area contributed by atoms with Crippen molar-refractivity contribution in [2.75, 3.05) is 0 Å². The van der Waals surface area contributed by atoms with Gasteiger partial charge in [0.05, 0.1) is 11.3 Å². The molecule has 0 aliphatic rings. The van der Waals surface area contributed by atoms with Crippen LogP contribution in [0.3, 0.4) is 0 Å². The number of benzene rings is 1. The molecule has 3 aromatic rings. The first-order valence-corrected chi connectivity index (χ1v) is 7.41. The molecule has 0 bridgehead atoms. The number of nitrogens with zero attached hydrogens (tertiary/aromatic N) is 2. The van der Waals surface area contributed by atoms with Gasteiger partial charge in [-0.05, 0) is 46.9 Å². The molecule has 0 spiro atoms. The Kier molecular flexibility index (Phi) is 3.90. The minimum atomic E-state index is 0.578. The van der Waals surface area contributed by atoms with Crippen LogP contribution in [0.2, 0.25) is 0 Å². The zero-order chi connectivity index (χ0) is 14.5. The van der Waals surface area contributed by atoms with Crippen LogP contribution < -0.4 is 0 Å². The molecule has 3 heteroatoms. The topological polar surface area (TPSA) is 36.7 Å². The Labute approximate surface area is 127 Å². The second-order valence-electron chi connectivity index (χ2n) is 4.52. The fourth-order valence-corrected chi connectivity index (χ4v) is 2.77. The number of pyridine rings is 1. The van der Waals surface area contributed by atoms with Crippen molar-refractivity contribution in [2.24, 2.45) is 0 Å². The van der Waals surface area contributed by atoms with Gasteiger partial charge >= 0.3 is 0 Å². The highest BCUT2D eigenvalue weighted by Gasteiger charge is 2.00. The second-order valence-corrected chi connectivity index (χ2v) is 5.46. The van der Waals surface area contributed by atoms with E-state index in [0.717, 1.165) is 5.69 Å². The van der Waals surface area contributed by atoms with E-state index < -0.39 is 0 Å². The van der Waals surface area contributed by atoms with Gasteiger partial charge in [-0.15, -0.1) is 11.3 Å². The second kappa shape index (κ2) is 6.17. The van der Waals surface area contributed by atoms with Crippen LogP contribution in [-0.2, 0) is 0 Å². The maximum atomic E-state index is 8.74. The predicted molar refractivity (Wildman–Crippen MR) is 87.6 cm³/mol. The summed E-state index contributed by atoms with van der Waals surface area (Å²) in [6.45, 7) is 0. The van der Waals surface area contributed by atoms with Crippen molar-refractivity contribution >= 4 is 23.5 Å². The van der Waals surface area contributed by atoms with Crippen molar-refractivity contribution in [3.63, 3.8) is 0 Å². The first-order chi connectivity index (χ1) is 10.3. The molecule has 0 radical (unpaired) electrons. The molecule has 3 rings (SSSR count). The predicted octanol–water partition coefficient (Wildman–Crippen LogP) is 4.85. The number of nitriles is 1. The average Bonchev–Trinajstić information content (AvgIpc) is 3.03. The van der Waals surface area contributed by atoms with Gasteiger partial charge in [-0.25, -0.2) is 0 Å².